The summed E-state index contributed by atoms with van der Waals surface area (Å²) in [6.45, 7) is 2.71. The zero-order valence-electron chi connectivity index (χ0n) is 21.6. The summed E-state index contributed by atoms with van der Waals surface area (Å²) < 4.78 is 52.3. The van der Waals surface area contributed by atoms with E-state index in [1.54, 1.807) is 34.2 Å². The molecule has 1 aliphatic rings. The van der Waals surface area contributed by atoms with Crippen molar-refractivity contribution in [1.29, 1.82) is 5.26 Å². The Balaban J connectivity index is 0.000000259. The molecule has 4 aromatic rings. The maximum absolute atomic E-state index is 14.8. The Hall–Kier alpha value is -4.53. The molecule has 0 spiro atoms. The number of H-pyrrole nitrogens is 1. The molecule has 0 bridgehead atoms. The smallest absolute Gasteiger partial charge is 0.397 e. The number of anilines is 1. The predicted octanol–water partition coefficient (Wildman–Crippen LogP) is 5.32. The number of unbranched alkanes of at least 4 members (excludes halogenated alkanes) is 2. The first-order valence-electron chi connectivity index (χ1n) is 12.6. The molecule has 3 aromatic heterocycles. The first kappa shape index (κ1) is 28.5. The van der Waals surface area contributed by atoms with Crippen LogP contribution in [0.5, 0.6) is 0 Å². The second kappa shape index (κ2) is 11.3. The van der Waals surface area contributed by atoms with E-state index in [0.29, 0.717) is 23.2 Å². The van der Waals surface area contributed by atoms with Crippen molar-refractivity contribution >= 4 is 16.5 Å². The molecule has 0 aliphatic heterocycles. The quantitative estimate of drug-likeness (QED) is 0.245. The second-order valence-electron chi connectivity index (χ2n) is 9.60. The summed E-state index contributed by atoms with van der Waals surface area (Å²) in [5.74, 6) is -0.524. The van der Waals surface area contributed by atoms with Gasteiger partial charge in [-0.1, -0.05) is 25.8 Å². The van der Waals surface area contributed by atoms with Crippen LogP contribution in [-0.2, 0) is 18.1 Å². The average Bonchev–Trinajstić information content (AvgIpc) is 3.71. The molecule has 0 amide bonds. The van der Waals surface area contributed by atoms with Gasteiger partial charge in [-0.2, -0.15) is 23.5 Å². The first-order chi connectivity index (χ1) is 19.0. The van der Waals surface area contributed by atoms with E-state index in [4.69, 9.17) is 5.73 Å². The standard InChI is InChI=1S/C23H22FN3O.C5H4F3N3O/c1-2-3-4-10-27-11-7-16-12-17(13-19(24)21(16)22(27)28)20-6-5-18(14-26-20)23(15-25)8-9-23;6-5(7,8)3-2(9)1-10-11-4(3)12/h5-7,11-14H,2-4,8-10H2,1H3;1H,(H3,9,11,12). The van der Waals surface area contributed by atoms with E-state index < -0.39 is 28.8 Å². The summed E-state index contributed by atoms with van der Waals surface area (Å²) >= 11 is 0. The SMILES string of the molecule is CCCCCn1ccc2cc(-c3ccc(C4(C#N)CC4)cn3)cc(F)c2c1=O.Nc1cn[nH]c(=O)c1C(F)(F)F. The van der Waals surface area contributed by atoms with E-state index in [2.05, 4.69) is 23.1 Å². The molecule has 0 unspecified atom stereocenters. The van der Waals surface area contributed by atoms with Gasteiger partial charge in [0.1, 0.15) is 11.4 Å². The van der Waals surface area contributed by atoms with Crippen molar-refractivity contribution in [3.05, 3.63) is 86.6 Å². The van der Waals surface area contributed by atoms with Crippen molar-refractivity contribution in [1.82, 2.24) is 19.7 Å². The first-order valence-corrected chi connectivity index (χ1v) is 12.6. The third kappa shape index (κ3) is 5.88. The molecule has 1 aliphatic carbocycles. The second-order valence-corrected chi connectivity index (χ2v) is 9.60. The number of pyridine rings is 2. The summed E-state index contributed by atoms with van der Waals surface area (Å²) in [5.41, 5.74) is 2.99. The van der Waals surface area contributed by atoms with E-state index >= 15 is 0 Å². The van der Waals surface area contributed by atoms with Crippen molar-refractivity contribution in [2.45, 2.75) is 57.2 Å². The highest BCUT2D eigenvalue weighted by atomic mass is 19.4. The summed E-state index contributed by atoms with van der Waals surface area (Å²) in [4.78, 5) is 27.7. The van der Waals surface area contributed by atoms with Gasteiger partial charge in [0.05, 0.1) is 34.4 Å². The fraction of sp³-hybridized carbons (Fsp3) is 0.321. The summed E-state index contributed by atoms with van der Waals surface area (Å²) in [7, 11) is 0. The summed E-state index contributed by atoms with van der Waals surface area (Å²) in [6.07, 6.45) is 4.19. The van der Waals surface area contributed by atoms with Gasteiger partial charge in [-0.25, -0.2) is 9.49 Å². The van der Waals surface area contributed by atoms with Crippen LogP contribution in [-0.4, -0.2) is 19.7 Å². The normalized spacial score (nSPS) is 13.8. The number of halogens is 4. The zero-order valence-corrected chi connectivity index (χ0v) is 21.6. The van der Waals surface area contributed by atoms with Gasteiger partial charge in [0.2, 0.25) is 0 Å². The maximum atomic E-state index is 14.8. The Kier molecular flexibility index (Phi) is 8.04. The number of nitriles is 1. The van der Waals surface area contributed by atoms with Crippen molar-refractivity contribution in [2.24, 2.45) is 0 Å². The Morgan fingerprint density at radius 1 is 1.15 bits per heavy atom. The van der Waals surface area contributed by atoms with Crippen molar-refractivity contribution in [2.75, 3.05) is 5.73 Å². The zero-order chi connectivity index (χ0) is 29.1. The Bertz CT molecular complexity index is 1680. The number of alkyl halides is 3. The van der Waals surface area contributed by atoms with Crippen LogP contribution in [0.2, 0.25) is 0 Å². The maximum Gasteiger partial charge on any atom is 0.423 e. The van der Waals surface area contributed by atoms with E-state index in [0.717, 1.165) is 43.9 Å². The molecule has 0 atom stereocenters. The van der Waals surface area contributed by atoms with Crippen LogP contribution < -0.4 is 16.9 Å². The molecule has 3 N–H and O–H groups in total. The number of aromatic amines is 1. The number of aryl methyl sites for hydroxylation is 1. The molecule has 0 radical (unpaired) electrons. The number of benzene rings is 1. The lowest BCUT2D eigenvalue weighted by Gasteiger charge is -2.10. The molecule has 3 heterocycles. The molecular formula is C28H26F4N6O2. The lowest BCUT2D eigenvalue weighted by Crippen LogP contribution is -2.24. The van der Waals surface area contributed by atoms with Gasteiger partial charge >= 0.3 is 6.18 Å². The molecule has 12 heteroatoms. The molecule has 8 nitrogen and oxygen atoms in total. The molecular weight excluding hydrogens is 528 g/mol. The molecule has 1 fully saturated rings. The monoisotopic (exact) mass is 554 g/mol. The van der Waals surface area contributed by atoms with Crippen LogP contribution in [0.15, 0.2) is 58.5 Å². The van der Waals surface area contributed by atoms with E-state index in [9.17, 15) is 32.4 Å². The van der Waals surface area contributed by atoms with Gasteiger partial charge in [0, 0.05) is 24.5 Å². The van der Waals surface area contributed by atoms with Gasteiger partial charge in [0.25, 0.3) is 11.1 Å². The van der Waals surface area contributed by atoms with Crippen molar-refractivity contribution < 1.29 is 17.6 Å². The van der Waals surface area contributed by atoms with Gasteiger partial charge in [-0.3, -0.25) is 14.6 Å². The summed E-state index contributed by atoms with van der Waals surface area (Å²) in [5, 5.41) is 14.7. The lowest BCUT2D eigenvalue weighted by atomic mass is 9.98. The Morgan fingerprint density at radius 2 is 1.90 bits per heavy atom. The number of aromatic nitrogens is 4. The fourth-order valence-corrected chi connectivity index (χ4v) is 4.36. The largest absolute Gasteiger partial charge is 0.423 e. The van der Waals surface area contributed by atoms with E-state index in [-0.39, 0.29) is 16.4 Å². The highest BCUT2D eigenvalue weighted by Gasteiger charge is 2.45. The fourth-order valence-electron chi connectivity index (χ4n) is 4.36. The van der Waals surface area contributed by atoms with E-state index in [1.807, 2.05) is 12.1 Å². The van der Waals surface area contributed by atoms with Crippen LogP contribution in [0.4, 0.5) is 23.2 Å². The number of hydrogen-bond acceptors (Lipinski definition) is 6. The number of nitrogen functional groups attached to an aromatic ring is 1. The number of rotatable bonds is 6. The minimum Gasteiger partial charge on any atom is -0.397 e. The number of hydrogen-bond donors (Lipinski definition) is 2. The van der Waals surface area contributed by atoms with E-state index in [1.165, 1.54) is 6.07 Å². The molecule has 1 aromatic carbocycles. The van der Waals surface area contributed by atoms with Gasteiger partial charge < -0.3 is 10.3 Å². The third-order valence-electron chi connectivity index (χ3n) is 6.78. The van der Waals surface area contributed by atoms with Crippen LogP contribution >= 0.6 is 0 Å². The Labute approximate surface area is 226 Å². The number of nitrogens with one attached hydrogen (secondary N) is 1. The van der Waals surface area contributed by atoms with Gasteiger partial charge in [0.15, 0.2) is 0 Å². The topological polar surface area (TPSA) is 130 Å². The number of nitrogens with two attached hydrogens (primary N) is 1. The number of nitrogens with zero attached hydrogens (tertiary/aromatic N) is 4. The highest BCUT2D eigenvalue weighted by Crippen LogP contribution is 2.47. The molecule has 0 saturated heterocycles. The van der Waals surface area contributed by atoms with Gasteiger partial charge in [-0.15, -0.1) is 0 Å². The number of fused-ring (bicyclic) bond motifs is 1. The van der Waals surface area contributed by atoms with Gasteiger partial charge in [-0.05, 0) is 54.5 Å². The van der Waals surface area contributed by atoms with Crippen LogP contribution in [0, 0.1) is 17.1 Å². The van der Waals surface area contributed by atoms with Crippen LogP contribution in [0.25, 0.3) is 22.0 Å². The van der Waals surface area contributed by atoms with Crippen LogP contribution in [0.3, 0.4) is 0 Å². The minimum absolute atomic E-state index is 0.126. The molecule has 208 valence electrons. The van der Waals surface area contributed by atoms with Crippen LogP contribution in [0.1, 0.15) is 50.2 Å². The lowest BCUT2D eigenvalue weighted by molar-refractivity contribution is -0.138. The van der Waals surface area contributed by atoms with Crippen molar-refractivity contribution in [3.63, 3.8) is 0 Å². The summed E-state index contributed by atoms with van der Waals surface area (Å²) in [6, 6.07) is 11.0. The highest BCUT2D eigenvalue weighted by molar-refractivity contribution is 5.86. The average molecular weight is 555 g/mol. The van der Waals surface area contributed by atoms with Crippen molar-refractivity contribution in [3.8, 4) is 17.3 Å². The minimum atomic E-state index is -4.74. The molecule has 40 heavy (non-hydrogen) atoms. The molecule has 1 saturated carbocycles. The Morgan fingerprint density at radius 3 is 2.45 bits per heavy atom. The molecule has 5 rings (SSSR count). The third-order valence-corrected chi connectivity index (χ3v) is 6.78. The predicted molar refractivity (Wildman–Crippen MR) is 142 cm³/mol.